The zero-order valence-corrected chi connectivity index (χ0v) is 12.3. The summed E-state index contributed by atoms with van der Waals surface area (Å²) in [5, 5.41) is 2.80. The summed E-state index contributed by atoms with van der Waals surface area (Å²) in [6.07, 6.45) is 5.74. The molecule has 1 fully saturated rings. The third-order valence-electron chi connectivity index (χ3n) is 4.13. The van der Waals surface area contributed by atoms with Crippen LogP contribution in [0.15, 0.2) is 23.1 Å². The first-order valence-electron chi connectivity index (χ1n) is 7.37. The number of nitrogens with one attached hydrogen (secondary N) is 1. The van der Waals surface area contributed by atoms with Gasteiger partial charge in [0.25, 0.3) is 5.56 Å². The Morgan fingerprint density at radius 2 is 2.00 bits per heavy atom. The van der Waals surface area contributed by atoms with Crippen LogP contribution in [0.5, 0.6) is 0 Å². The molecule has 0 atom stereocenters. The highest BCUT2D eigenvalue weighted by Crippen LogP contribution is 2.25. The van der Waals surface area contributed by atoms with Crippen LogP contribution in [0.4, 0.5) is 5.69 Å². The lowest BCUT2D eigenvalue weighted by Gasteiger charge is -2.12. The Balaban J connectivity index is 2.01. The van der Waals surface area contributed by atoms with E-state index in [4.69, 9.17) is 0 Å². The summed E-state index contributed by atoms with van der Waals surface area (Å²) in [6, 6.07) is 3.73. The van der Waals surface area contributed by atoms with Crippen molar-refractivity contribution >= 4 is 17.2 Å². The molecular formula is C16H19N3O2. The smallest absolute Gasteiger partial charge is 0.281 e. The van der Waals surface area contributed by atoms with Gasteiger partial charge in [0, 0.05) is 12.1 Å². The van der Waals surface area contributed by atoms with E-state index in [-0.39, 0.29) is 17.4 Å². The average molecular weight is 285 g/mol. The maximum atomic E-state index is 12.6. The molecule has 1 saturated carbocycles. The molecular weight excluding hydrogens is 266 g/mol. The number of carbonyl (C=O) groups excluding carboxylic acids is 1. The summed E-state index contributed by atoms with van der Waals surface area (Å²) in [6.45, 7) is 3.67. The standard InChI is InChI=1S/C16H19N3O2/c1-10-7-8-13-17-11(2)14(16(21)19(13)9-10)18-15(20)12-5-3-4-6-12/h7-9,12H,3-6H2,1-2H3,(H,18,20). The number of pyridine rings is 1. The third-order valence-corrected chi connectivity index (χ3v) is 4.13. The highest BCUT2D eigenvalue weighted by Gasteiger charge is 2.24. The summed E-state index contributed by atoms with van der Waals surface area (Å²) in [5.74, 6) is -0.0240. The van der Waals surface area contributed by atoms with Gasteiger partial charge in [-0.15, -0.1) is 0 Å². The topological polar surface area (TPSA) is 63.5 Å². The minimum Gasteiger partial charge on any atom is -0.320 e. The van der Waals surface area contributed by atoms with Gasteiger partial charge in [0.05, 0.1) is 5.69 Å². The molecule has 0 spiro atoms. The maximum absolute atomic E-state index is 12.6. The first kappa shape index (κ1) is 13.8. The van der Waals surface area contributed by atoms with Crippen LogP contribution in [0, 0.1) is 19.8 Å². The summed E-state index contributed by atoms with van der Waals surface area (Å²) in [7, 11) is 0. The summed E-state index contributed by atoms with van der Waals surface area (Å²) < 4.78 is 1.49. The van der Waals surface area contributed by atoms with E-state index in [0.29, 0.717) is 17.0 Å². The van der Waals surface area contributed by atoms with Crippen molar-refractivity contribution in [3.8, 4) is 0 Å². The molecule has 0 unspecified atom stereocenters. The lowest BCUT2D eigenvalue weighted by molar-refractivity contribution is -0.119. The first-order chi connectivity index (χ1) is 10.1. The van der Waals surface area contributed by atoms with Gasteiger partial charge in [-0.1, -0.05) is 18.9 Å². The van der Waals surface area contributed by atoms with Gasteiger partial charge in [0.15, 0.2) is 0 Å². The number of aromatic nitrogens is 2. The normalized spacial score (nSPS) is 15.5. The highest BCUT2D eigenvalue weighted by molar-refractivity contribution is 5.93. The van der Waals surface area contributed by atoms with E-state index < -0.39 is 0 Å². The van der Waals surface area contributed by atoms with E-state index in [1.54, 1.807) is 13.1 Å². The number of hydrogen-bond donors (Lipinski definition) is 1. The van der Waals surface area contributed by atoms with E-state index in [0.717, 1.165) is 31.2 Å². The number of rotatable bonds is 2. The van der Waals surface area contributed by atoms with Gasteiger partial charge in [0.1, 0.15) is 11.3 Å². The van der Waals surface area contributed by atoms with Gasteiger partial charge in [0.2, 0.25) is 5.91 Å². The van der Waals surface area contributed by atoms with Crippen molar-refractivity contribution in [1.82, 2.24) is 9.38 Å². The quantitative estimate of drug-likeness (QED) is 0.921. The molecule has 1 amide bonds. The van der Waals surface area contributed by atoms with Crippen LogP contribution in [0.25, 0.3) is 5.65 Å². The second kappa shape index (κ2) is 5.31. The predicted molar refractivity (Wildman–Crippen MR) is 81.5 cm³/mol. The lowest BCUT2D eigenvalue weighted by Crippen LogP contribution is -2.28. The minimum atomic E-state index is -0.215. The fourth-order valence-electron chi connectivity index (χ4n) is 2.91. The highest BCUT2D eigenvalue weighted by atomic mass is 16.2. The van der Waals surface area contributed by atoms with Gasteiger partial charge in [-0.3, -0.25) is 14.0 Å². The average Bonchev–Trinajstić information content (AvgIpc) is 2.98. The number of hydrogen-bond acceptors (Lipinski definition) is 3. The second-order valence-electron chi connectivity index (χ2n) is 5.78. The Morgan fingerprint density at radius 3 is 2.71 bits per heavy atom. The van der Waals surface area contributed by atoms with Gasteiger partial charge in [-0.2, -0.15) is 0 Å². The molecule has 5 nitrogen and oxygen atoms in total. The fourth-order valence-corrected chi connectivity index (χ4v) is 2.91. The molecule has 0 aliphatic heterocycles. The number of carbonyl (C=O) groups is 1. The Kier molecular flexibility index (Phi) is 3.49. The molecule has 5 heteroatoms. The summed E-state index contributed by atoms with van der Waals surface area (Å²) >= 11 is 0. The van der Waals surface area contributed by atoms with Gasteiger partial charge in [-0.25, -0.2) is 4.98 Å². The molecule has 1 N–H and O–H groups in total. The molecule has 0 bridgehead atoms. The SMILES string of the molecule is Cc1ccc2nc(C)c(NC(=O)C3CCCC3)c(=O)n2c1. The molecule has 2 aromatic rings. The van der Waals surface area contributed by atoms with Crippen LogP contribution in [-0.2, 0) is 4.79 Å². The molecule has 2 aromatic heterocycles. The first-order valence-corrected chi connectivity index (χ1v) is 7.37. The number of aryl methyl sites for hydroxylation is 2. The Labute approximate surface area is 123 Å². The lowest BCUT2D eigenvalue weighted by atomic mass is 10.1. The van der Waals surface area contributed by atoms with Crippen molar-refractivity contribution in [3.63, 3.8) is 0 Å². The van der Waals surface area contributed by atoms with Crippen molar-refractivity contribution in [1.29, 1.82) is 0 Å². The molecule has 0 aromatic carbocycles. The third kappa shape index (κ3) is 2.55. The zero-order chi connectivity index (χ0) is 15.0. The van der Waals surface area contributed by atoms with E-state index in [1.165, 1.54) is 4.40 Å². The van der Waals surface area contributed by atoms with E-state index in [1.807, 2.05) is 19.1 Å². The number of nitrogens with zero attached hydrogens (tertiary/aromatic N) is 2. The number of fused-ring (bicyclic) bond motifs is 1. The molecule has 1 aliphatic carbocycles. The van der Waals surface area contributed by atoms with Crippen molar-refractivity contribution in [3.05, 3.63) is 39.9 Å². The van der Waals surface area contributed by atoms with Crippen LogP contribution in [-0.4, -0.2) is 15.3 Å². The molecule has 0 radical (unpaired) electrons. The largest absolute Gasteiger partial charge is 0.320 e. The molecule has 2 heterocycles. The number of amides is 1. The van der Waals surface area contributed by atoms with Crippen LogP contribution in [0.3, 0.4) is 0 Å². The summed E-state index contributed by atoms with van der Waals surface area (Å²) in [5.41, 5.74) is 2.23. The number of anilines is 1. The molecule has 0 saturated heterocycles. The van der Waals surface area contributed by atoms with E-state index in [2.05, 4.69) is 10.3 Å². The predicted octanol–water partition coefficient (Wildman–Crippen LogP) is 2.44. The van der Waals surface area contributed by atoms with Crippen LogP contribution >= 0.6 is 0 Å². The Bertz CT molecular complexity index is 758. The maximum Gasteiger partial charge on any atom is 0.281 e. The van der Waals surface area contributed by atoms with Gasteiger partial charge < -0.3 is 5.32 Å². The van der Waals surface area contributed by atoms with Crippen LogP contribution in [0.1, 0.15) is 36.9 Å². The molecule has 3 rings (SSSR count). The van der Waals surface area contributed by atoms with Crippen molar-refractivity contribution in [2.24, 2.45) is 5.92 Å². The molecule has 1 aliphatic rings. The van der Waals surface area contributed by atoms with Crippen LogP contribution in [0.2, 0.25) is 0 Å². The Morgan fingerprint density at radius 1 is 1.29 bits per heavy atom. The Hall–Kier alpha value is -2.17. The van der Waals surface area contributed by atoms with E-state index >= 15 is 0 Å². The van der Waals surface area contributed by atoms with E-state index in [9.17, 15) is 9.59 Å². The molecule has 110 valence electrons. The monoisotopic (exact) mass is 285 g/mol. The van der Waals surface area contributed by atoms with Gasteiger partial charge >= 0.3 is 0 Å². The summed E-state index contributed by atoms with van der Waals surface area (Å²) in [4.78, 5) is 29.2. The molecule has 21 heavy (non-hydrogen) atoms. The minimum absolute atomic E-state index is 0.0296. The van der Waals surface area contributed by atoms with Crippen molar-refractivity contribution in [2.75, 3.05) is 5.32 Å². The van der Waals surface area contributed by atoms with Crippen LogP contribution < -0.4 is 10.9 Å². The van der Waals surface area contributed by atoms with Crippen molar-refractivity contribution in [2.45, 2.75) is 39.5 Å². The van der Waals surface area contributed by atoms with Gasteiger partial charge in [-0.05, 0) is 38.3 Å². The zero-order valence-electron chi connectivity index (χ0n) is 12.3. The fraction of sp³-hybridized carbons (Fsp3) is 0.438. The van der Waals surface area contributed by atoms with Crippen molar-refractivity contribution < 1.29 is 4.79 Å². The second-order valence-corrected chi connectivity index (χ2v) is 5.78.